The molecular formula is C127H83N17Pt3. The smallest absolute Gasteiger partial charge is 0.367 e. The van der Waals surface area contributed by atoms with Gasteiger partial charge in [0, 0.05) is 60.2 Å². The van der Waals surface area contributed by atoms with Crippen molar-refractivity contribution in [3.8, 4) is 119 Å². The van der Waals surface area contributed by atoms with Gasteiger partial charge in [0.25, 0.3) is 0 Å². The first-order chi connectivity index (χ1) is 70.8. The van der Waals surface area contributed by atoms with Crippen LogP contribution < -0.4 is 0 Å². The summed E-state index contributed by atoms with van der Waals surface area (Å²) < 4.78 is 19.5. The molecule has 0 N–H and O–H groups in total. The molecule has 0 atom stereocenters. The van der Waals surface area contributed by atoms with E-state index in [0.29, 0.717) is 0 Å². The maximum Gasteiger partial charge on any atom is 2.00 e. The maximum absolute atomic E-state index is 5.17. The number of nitrogens with zero attached hydrogens (tertiary/aromatic N) is 17. The number of hydrogen-bond acceptors (Lipinski definition) is 8. The molecule has 1 aliphatic rings. The van der Waals surface area contributed by atoms with Crippen LogP contribution in [-0.2, 0) is 112 Å². The maximum atomic E-state index is 5.17. The zero-order valence-corrected chi connectivity index (χ0v) is 86.9. The van der Waals surface area contributed by atoms with Crippen molar-refractivity contribution in [2.75, 3.05) is 0 Å². The summed E-state index contributed by atoms with van der Waals surface area (Å²) in [7, 11) is 12.4. The number of hydrogen-bond donors (Lipinski definition) is 0. The van der Waals surface area contributed by atoms with Crippen molar-refractivity contribution in [3.05, 3.63) is 430 Å². The molecule has 29 aromatic rings. The molecule has 0 saturated carbocycles. The Bertz CT molecular complexity index is 10200. The Morgan fingerprint density at radius 2 is 0.571 bits per heavy atom. The summed E-state index contributed by atoms with van der Waals surface area (Å²) in [4.78, 5) is 39.8. The van der Waals surface area contributed by atoms with E-state index in [0.717, 1.165) is 224 Å². The van der Waals surface area contributed by atoms with Gasteiger partial charge < -0.3 is 41.1 Å². The molecule has 0 fully saturated rings. The van der Waals surface area contributed by atoms with Gasteiger partial charge >= 0.3 is 63.2 Å². The van der Waals surface area contributed by atoms with Crippen LogP contribution in [0.1, 0.15) is 11.1 Å². The Morgan fingerprint density at radius 1 is 0.224 bits per heavy atom. The largest absolute Gasteiger partial charge is 2.00 e. The first-order valence-corrected chi connectivity index (χ1v) is 48.3. The Balaban J connectivity index is 0.000000114. The monoisotopic (exact) mass is 2430 g/mol. The molecule has 20 heteroatoms. The van der Waals surface area contributed by atoms with Gasteiger partial charge in [-0.15, -0.1) is 161 Å². The predicted molar refractivity (Wildman–Crippen MR) is 583 cm³/mol. The van der Waals surface area contributed by atoms with Crippen LogP contribution in [0.4, 0.5) is 0 Å². The van der Waals surface area contributed by atoms with E-state index in [9.17, 15) is 0 Å². The molecule has 706 valence electrons. The number of benzene rings is 18. The molecule has 0 bridgehead atoms. The van der Waals surface area contributed by atoms with Gasteiger partial charge in [-0.25, -0.2) is 9.97 Å². The fraction of sp³-hybridized carbons (Fsp3) is 0.0551. The molecule has 0 amide bonds. The second-order valence-electron chi connectivity index (χ2n) is 37.3. The predicted octanol–water partition coefficient (Wildman–Crippen LogP) is 28.5. The molecule has 0 unspecified atom stereocenters. The fourth-order valence-corrected chi connectivity index (χ4v) is 22.0. The molecule has 0 spiro atoms. The second kappa shape index (κ2) is 36.4. The van der Waals surface area contributed by atoms with Crippen LogP contribution in [0, 0.1) is 36.4 Å². The van der Waals surface area contributed by atoms with Gasteiger partial charge in [0.1, 0.15) is 11.3 Å². The van der Waals surface area contributed by atoms with Crippen molar-refractivity contribution < 1.29 is 63.2 Å². The van der Waals surface area contributed by atoms with Crippen LogP contribution in [0.2, 0.25) is 0 Å². The van der Waals surface area contributed by atoms with Crippen LogP contribution in [0.3, 0.4) is 0 Å². The van der Waals surface area contributed by atoms with Gasteiger partial charge in [-0.2, -0.15) is 0 Å². The zero-order chi connectivity index (χ0) is 95.8. The molecule has 11 heterocycles. The first-order valence-electron chi connectivity index (χ1n) is 48.3. The van der Waals surface area contributed by atoms with E-state index in [-0.39, 0.29) is 63.2 Å². The molecule has 18 aromatic carbocycles. The minimum Gasteiger partial charge on any atom is -0.367 e. The third kappa shape index (κ3) is 15.1. The van der Waals surface area contributed by atoms with Crippen molar-refractivity contribution >= 4 is 153 Å². The summed E-state index contributed by atoms with van der Waals surface area (Å²) in [5.41, 5.74) is 36.3. The number of para-hydroxylation sites is 8. The molecule has 0 radical (unpaired) electrons. The third-order valence-corrected chi connectivity index (χ3v) is 29.1. The van der Waals surface area contributed by atoms with Gasteiger partial charge in [-0.3, -0.25) is 29.9 Å². The fourth-order valence-electron chi connectivity index (χ4n) is 22.0. The molecular weight excluding hydrogens is 2350 g/mol. The van der Waals surface area contributed by atoms with Crippen molar-refractivity contribution in [1.82, 2.24) is 81.0 Å². The van der Waals surface area contributed by atoms with Gasteiger partial charge in [-0.05, 0) is 225 Å². The molecule has 1 aliphatic carbocycles. The standard InChI is InChI=1S/2C43H28N6.C41H27N5.3Pt/c1-47-38-15-6-5-14-36(38)45-41(47)31-11-7-12-33(24-31)49-40-26-32(18-20-34(40)35-13-8-22-44-43(35)49)42-46-37-25-30(19-21-39(37)48(42)2)29-17-16-27-9-3-4-10-28(27)23-29;1-47-38-15-6-5-14-36(38)45-41(47)31-11-7-12-33(24-31)49-39-26-32(18-20-34(39)35-13-8-22-44-43(35)49)42-46-37-21-19-30(25-40(37)48(42)2)29-17-16-27-9-3-4-10-28(27)23-29;1-44-34-16-7-5-14-32(34)42-40(44)27-11-9-12-29(23-27)46-36-21-19-26-22-25-10-3-4-13-30(25)38(26)39(36)31-20-18-28(24-37(31)46)41-43-33-15-6-8-17-35(33)45(41)2;;;/h2*3-23,25H,1-2H3;3-21H,22H2,1-2H3;;;/q3*-2;3*+2. The van der Waals surface area contributed by atoms with Crippen molar-refractivity contribution in [3.63, 3.8) is 0 Å². The van der Waals surface area contributed by atoms with Gasteiger partial charge in [0.2, 0.25) is 0 Å². The van der Waals surface area contributed by atoms with E-state index in [2.05, 4.69) is 429 Å². The van der Waals surface area contributed by atoms with E-state index < -0.39 is 0 Å². The number of aromatic nitrogens is 17. The molecule has 147 heavy (non-hydrogen) atoms. The van der Waals surface area contributed by atoms with Crippen molar-refractivity contribution in [2.24, 2.45) is 42.3 Å². The van der Waals surface area contributed by atoms with Crippen LogP contribution in [0.15, 0.2) is 382 Å². The minimum absolute atomic E-state index is 0. The second-order valence-corrected chi connectivity index (χ2v) is 37.3. The third-order valence-electron chi connectivity index (χ3n) is 29.1. The first kappa shape index (κ1) is 91.3. The number of pyridine rings is 2. The van der Waals surface area contributed by atoms with Crippen LogP contribution >= 0.6 is 0 Å². The van der Waals surface area contributed by atoms with E-state index in [1.807, 2.05) is 73.1 Å². The Kier molecular flexibility index (Phi) is 22.6. The van der Waals surface area contributed by atoms with Crippen LogP contribution in [-0.4, -0.2) is 81.0 Å². The molecule has 17 nitrogen and oxygen atoms in total. The quantitative estimate of drug-likeness (QED) is 0.116. The summed E-state index contributed by atoms with van der Waals surface area (Å²) >= 11 is 0. The Labute approximate surface area is 887 Å². The minimum atomic E-state index is 0. The summed E-state index contributed by atoms with van der Waals surface area (Å²) in [5.74, 6) is 5.23. The van der Waals surface area contributed by atoms with E-state index in [1.54, 1.807) is 0 Å². The Morgan fingerprint density at radius 3 is 1.03 bits per heavy atom. The number of fused-ring (bicyclic) bond motifs is 21. The normalized spacial score (nSPS) is 11.8. The van der Waals surface area contributed by atoms with Crippen LogP contribution in [0.25, 0.3) is 272 Å². The van der Waals surface area contributed by atoms with E-state index in [4.69, 9.17) is 39.9 Å². The molecule has 30 rings (SSSR count). The van der Waals surface area contributed by atoms with Crippen LogP contribution in [0.5, 0.6) is 0 Å². The molecule has 0 aliphatic heterocycles. The van der Waals surface area contributed by atoms with Gasteiger partial charge in [0.05, 0.1) is 101 Å². The van der Waals surface area contributed by atoms with E-state index >= 15 is 0 Å². The number of imidazole rings is 6. The van der Waals surface area contributed by atoms with Crippen molar-refractivity contribution in [1.29, 1.82) is 0 Å². The van der Waals surface area contributed by atoms with Gasteiger partial charge in [-0.1, -0.05) is 192 Å². The van der Waals surface area contributed by atoms with Gasteiger partial charge in [0.15, 0.2) is 0 Å². The SMILES string of the molecule is Cn1c(-c2[c-]c(-n3c4[c-]c(-c5nc6cc(-c7ccc8ccccc8c7)ccc6n5C)ccc4c4cccnc43)ccc2)nc2ccccc21.Cn1c(-c2[c-]c(-n3c4[c-]c(-c5nc6ccc(-c7ccc8ccccc8c7)cc6n5C)ccc4c4cccnc43)ccc2)nc2ccccc21.Cn1c(-c2[c-]c(-n3c4[c-]c(-c5nc6ccccc6n5C)ccc4c4c5c(ccc43)Cc3ccccc3-5)ccc2)nc2ccccc21.[Pt+2].[Pt+2].[Pt+2]. The Hall–Kier alpha value is -16.9. The summed E-state index contributed by atoms with van der Waals surface area (Å²) in [6.07, 6.45) is 4.63. The summed E-state index contributed by atoms with van der Waals surface area (Å²) in [5, 5.41) is 11.6. The average molecular weight is 2430 g/mol. The number of rotatable bonds is 11. The molecule has 0 saturated heterocycles. The van der Waals surface area contributed by atoms with Crippen molar-refractivity contribution in [2.45, 2.75) is 6.42 Å². The summed E-state index contributed by atoms with van der Waals surface area (Å²) in [6, 6.07) is 152. The number of aryl methyl sites for hydroxylation is 6. The van der Waals surface area contributed by atoms with E-state index in [1.165, 1.54) is 65.7 Å². The average Bonchev–Trinajstić information content (AvgIpc) is 1.52. The topological polar surface area (TPSA) is 147 Å². The summed E-state index contributed by atoms with van der Waals surface area (Å²) in [6.45, 7) is 0. The molecule has 11 aromatic heterocycles. The zero-order valence-electron chi connectivity index (χ0n) is 80.1.